The molecule has 0 aromatic carbocycles. The maximum atomic E-state index is 6.00. The summed E-state index contributed by atoms with van der Waals surface area (Å²) in [6, 6.07) is 2.49. The first-order valence-electron chi connectivity index (χ1n) is 8.51. The van der Waals surface area contributed by atoms with Gasteiger partial charge in [0, 0.05) is 64.8 Å². The Morgan fingerprint density at radius 3 is 2.61 bits per heavy atom. The number of guanidine groups is 1. The van der Waals surface area contributed by atoms with Crippen LogP contribution in [-0.4, -0.2) is 78.1 Å². The van der Waals surface area contributed by atoms with Gasteiger partial charge in [-0.05, 0) is 25.3 Å². The molecule has 7 nitrogen and oxygen atoms in total. The zero-order valence-electron chi connectivity index (χ0n) is 13.9. The lowest BCUT2D eigenvalue weighted by Gasteiger charge is -2.34. The van der Waals surface area contributed by atoms with Crippen LogP contribution in [0.5, 0.6) is 0 Å². The first-order chi connectivity index (χ1) is 11.2. The van der Waals surface area contributed by atoms with Gasteiger partial charge in [0.2, 0.25) is 5.95 Å². The summed E-state index contributed by atoms with van der Waals surface area (Å²) in [4.78, 5) is 20.0. The molecule has 1 aliphatic carbocycles. The van der Waals surface area contributed by atoms with Gasteiger partial charge in [-0.15, -0.1) is 0 Å². The van der Waals surface area contributed by atoms with Gasteiger partial charge in [0.05, 0.1) is 0 Å². The third-order valence-electron chi connectivity index (χ3n) is 4.57. The van der Waals surface area contributed by atoms with Crippen LogP contribution < -0.4 is 10.6 Å². The molecule has 7 heteroatoms. The van der Waals surface area contributed by atoms with Crippen LogP contribution >= 0.6 is 0 Å². The maximum Gasteiger partial charge on any atom is 0.225 e. The fourth-order valence-electron chi connectivity index (χ4n) is 2.87. The van der Waals surface area contributed by atoms with Crippen molar-refractivity contribution in [2.75, 3.05) is 51.2 Å². The first-order valence-corrected chi connectivity index (χ1v) is 8.51. The molecule has 2 aliphatic rings. The van der Waals surface area contributed by atoms with Gasteiger partial charge in [-0.1, -0.05) is 0 Å². The Bertz CT molecular complexity index is 506. The molecule has 126 valence electrons. The van der Waals surface area contributed by atoms with E-state index in [2.05, 4.69) is 29.7 Å². The molecule has 3 rings (SSSR count). The fourth-order valence-corrected chi connectivity index (χ4v) is 2.87. The molecule has 1 saturated carbocycles. The van der Waals surface area contributed by atoms with Gasteiger partial charge >= 0.3 is 0 Å². The third kappa shape index (κ3) is 4.54. The van der Waals surface area contributed by atoms with E-state index in [1.165, 1.54) is 12.8 Å². The molecule has 1 aromatic heterocycles. The summed E-state index contributed by atoms with van der Waals surface area (Å²) in [6.45, 7) is 5.97. The van der Waals surface area contributed by atoms with Crippen molar-refractivity contribution in [2.45, 2.75) is 25.3 Å². The molecule has 0 bridgehead atoms. The SMILES string of the molecule is CN(C(N)=NCCCN1CCN(c2ncccn2)CC1)C1CC1. The number of rotatable bonds is 6. The molecule has 0 amide bonds. The number of piperazine rings is 1. The minimum atomic E-state index is 0.632. The standard InChI is InChI=1S/C16H27N7/c1-21(14-4-5-14)15(17)18-8-3-9-22-10-12-23(13-11-22)16-19-6-2-7-20-16/h2,6-7,14H,3-5,8-13H2,1H3,(H2,17,18). The van der Waals surface area contributed by atoms with Crippen molar-refractivity contribution in [1.29, 1.82) is 0 Å². The maximum absolute atomic E-state index is 6.00. The van der Waals surface area contributed by atoms with Crippen LogP contribution in [0.1, 0.15) is 19.3 Å². The van der Waals surface area contributed by atoms with Crippen molar-refractivity contribution in [3.8, 4) is 0 Å². The van der Waals surface area contributed by atoms with Gasteiger partial charge in [0.1, 0.15) is 0 Å². The van der Waals surface area contributed by atoms with E-state index in [0.717, 1.165) is 51.6 Å². The van der Waals surface area contributed by atoms with Crippen molar-refractivity contribution in [1.82, 2.24) is 19.8 Å². The Morgan fingerprint density at radius 2 is 1.96 bits per heavy atom. The lowest BCUT2D eigenvalue weighted by atomic mass is 10.3. The van der Waals surface area contributed by atoms with Crippen molar-refractivity contribution in [3.05, 3.63) is 18.5 Å². The topological polar surface area (TPSA) is 73.9 Å². The number of aromatic nitrogens is 2. The number of hydrogen-bond acceptors (Lipinski definition) is 5. The quantitative estimate of drug-likeness (QED) is 0.465. The summed E-state index contributed by atoms with van der Waals surface area (Å²) in [5, 5.41) is 0. The molecule has 1 aliphatic heterocycles. The Balaban J connectivity index is 1.34. The van der Waals surface area contributed by atoms with E-state index in [0.29, 0.717) is 12.0 Å². The minimum Gasteiger partial charge on any atom is -0.370 e. The van der Waals surface area contributed by atoms with E-state index in [1.54, 1.807) is 12.4 Å². The summed E-state index contributed by atoms with van der Waals surface area (Å²) >= 11 is 0. The molecule has 1 aromatic rings. The zero-order valence-corrected chi connectivity index (χ0v) is 13.9. The summed E-state index contributed by atoms with van der Waals surface area (Å²) in [5.74, 6) is 1.53. The van der Waals surface area contributed by atoms with Crippen molar-refractivity contribution < 1.29 is 0 Å². The van der Waals surface area contributed by atoms with Crippen molar-refractivity contribution >= 4 is 11.9 Å². The molecule has 23 heavy (non-hydrogen) atoms. The minimum absolute atomic E-state index is 0.632. The third-order valence-corrected chi connectivity index (χ3v) is 4.57. The zero-order chi connectivity index (χ0) is 16.1. The van der Waals surface area contributed by atoms with Crippen molar-refractivity contribution in [2.24, 2.45) is 10.7 Å². The average Bonchev–Trinajstić information content (AvgIpc) is 3.44. The Labute approximate surface area is 138 Å². The van der Waals surface area contributed by atoms with Gasteiger partial charge < -0.3 is 15.5 Å². The molecule has 0 spiro atoms. The van der Waals surface area contributed by atoms with Crippen LogP contribution in [-0.2, 0) is 0 Å². The fraction of sp³-hybridized carbons (Fsp3) is 0.688. The average molecular weight is 317 g/mol. The van der Waals surface area contributed by atoms with Crippen molar-refractivity contribution in [3.63, 3.8) is 0 Å². The van der Waals surface area contributed by atoms with E-state index < -0.39 is 0 Å². The van der Waals surface area contributed by atoms with Crippen LogP contribution in [0.4, 0.5) is 5.95 Å². The van der Waals surface area contributed by atoms with E-state index in [1.807, 2.05) is 13.1 Å². The second kappa shape index (κ2) is 7.59. The molecule has 1 saturated heterocycles. The van der Waals surface area contributed by atoms with Crippen LogP contribution in [0.15, 0.2) is 23.5 Å². The Hall–Kier alpha value is -1.89. The molecular weight excluding hydrogens is 290 g/mol. The number of nitrogens with two attached hydrogens (primary N) is 1. The molecule has 0 radical (unpaired) electrons. The number of anilines is 1. The van der Waals surface area contributed by atoms with E-state index in [9.17, 15) is 0 Å². The smallest absolute Gasteiger partial charge is 0.225 e. The second-order valence-corrected chi connectivity index (χ2v) is 6.31. The molecule has 2 N–H and O–H groups in total. The summed E-state index contributed by atoms with van der Waals surface area (Å²) in [6.07, 6.45) is 7.16. The highest BCUT2D eigenvalue weighted by Crippen LogP contribution is 2.24. The van der Waals surface area contributed by atoms with Gasteiger partial charge in [-0.3, -0.25) is 9.89 Å². The van der Waals surface area contributed by atoms with Gasteiger partial charge in [-0.25, -0.2) is 9.97 Å². The van der Waals surface area contributed by atoms with E-state index >= 15 is 0 Å². The summed E-state index contributed by atoms with van der Waals surface area (Å²) in [5.41, 5.74) is 6.00. The van der Waals surface area contributed by atoms with Gasteiger partial charge in [0.15, 0.2) is 5.96 Å². The highest BCUT2D eigenvalue weighted by Gasteiger charge is 2.27. The predicted octanol–water partition coefficient (Wildman–Crippen LogP) is 0.398. The number of aliphatic imine (C=N–C) groups is 1. The largest absolute Gasteiger partial charge is 0.370 e. The lowest BCUT2D eigenvalue weighted by molar-refractivity contribution is 0.255. The van der Waals surface area contributed by atoms with Crippen LogP contribution in [0, 0.1) is 0 Å². The lowest BCUT2D eigenvalue weighted by Crippen LogP contribution is -2.47. The predicted molar refractivity (Wildman–Crippen MR) is 92.6 cm³/mol. The molecule has 0 unspecified atom stereocenters. The normalized spacial score (nSPS) is 19.9. The first kappa shape index (κ1) is 16.0. The molecular formula is C16H27N7. The van der Waals surface area contributed by atoms with Crippen LogP contribution in [0.2, 0.25) is 0 Å². The van der Waals surface area contributed by atoms with Gasteiger partial charge in [0.25, 0.3) is 0 Å². The molecule has 0 atom stereocenters. The number of nitrogens with zero attached hydrogens (tertiary/aromatic N) is 6. The van der Waals surface area contributed by atoms with Crippen LogP contribution in [0.25, 0.3) is 0 Å². The molecule has 2 fully saturated rings. The highest BCUT2D eigenvalue weighted by molar-refractivity contribution is 5.78. The Kier molecular flexibility index (Phi) is 5.27. The van der Waals surface area contributed by atoms with Crippen LogP contribution in [0.3, 0.4) is 0 Å². The summed E-state index contributed by atoms with van der Waals surface area (Å²) in [7, 11) is 2.04. The highest BCUT2D eigenvalue weighted by atomic mass is 15.3. The van der Waals surface area contributed by atoms with E-state index in [-0.39, 0.29) is 0 Å². The monoisotopic (exact) mass is 317 g/mol. The van der Waals surface area contributed by atoms with Gasteiger partial charge in [-0.2, -0.15) is 0 Å². The molecule has 2 heterocycles. The number of hydrogen-bond donors (Lipinski definition) is 1. The summed E-state index contributed by atoms with van der Waals surface area (Å²) < 4.78 is 0. The second-order valence-electron chi connectivity index (χ2n) is 6.31. The van der Waals surface area contributed by atoms with E-state index in [4.69, 9.17) is 5.73 Å². The Morgan fingerprint density at radius 1 is 1.26 bits per heavy atom.